The van der Waals surface area contributed by atoms with Gasteiger partial charge in [0.25, 0.3) is 0 Å². The monoisotopic (exact) mass is 189 g/mol. The van der Waals surface area contributed by atoms with Gasteiger partial charge < -0.3 is 4.74 Å². The van der Waals surface area contributed by atoms with E-state index in [0.29, 0.717) is 12.3 Å². The van der Waals surface area contributed by atoms with Gasteiger partial charge in [-0.05, 0) is 29.2 Å². The number of benzene rings is 1. The highest BCUT2D eigenvalue weighted by atomic mass is 16.5. The molecule has 0 aromatic heterocycles. The van der Waals surface area contributed by atoms with Crippen molar-refractivity contribution in [1.82, 2.24) is 0 Å². The maximum Gasteiger partial charge on any atom is 0.119 e. The molecule has 0 aliphatic heterocycles. The largest absolute Gasteiger partial charge is 0.497 e. The van der Waals surface area contributed by atoms with Crippen molar-refractivity contribution in [3.8, 4) is 11.8 Å². The summed E-state index contributed by atoms with van der Waals surface area (Å²) in [6.45, 7) is 4.26. The smallest absolute Gasteiger partial charge is 0.119 e. The molecule has 2 nitrogen and oxygen atoms in total. The number of ether oxygens (including phenoxy) is 1. The molecule has 1 aromatic carbocycles. The molecule has 0 saturated heterocycles. The molecular weight excluding hydrogens is 174 g/mol. The molecule has 0 aliphatic carbocycles. The van der Waals surface area contributed by atoms with Crippen LogP contribution in [0.5, 0.6) is 5.75 Å². The lowest BCUT2D eigenvalue weighted by atomic mass is 9.99. The van der Waals surface area contributed by atoms with Gasteiger partial charge in [0.1, 0.15) is 5.75 Å². The molecule has 0 radical (unpaired) electrons. The van der Waals surface area contributed by atoms with Gasteiger partial charge in [-0.15, -0.1) is 0 Å². The van der Waals surface area contributed by atoms with Crippen molar-refractivity contribution < 1.29 is 4.74 Å². The molecule has 0 saturated carbocycles. The fourth-order valence-corrected chi connectivity index (χ4v) is 1.33. The molecule has 0 unspecified atom stereocenters. The Morgan fingerprint density at radius 1 is 1.36 bits per heavy atom. The predicted molar refractivity (Wildman–Crippen MR) is 56.4 cm³/mol. The van der Waals surface area contributed by atoms with Gasteiger partial charge in [0.05, 0.1) is 19.6 Å². The van der Waals surface area contributed by atoms with E-state index in [2.05, 4.69) is 26.0 Å². The Balaban J connectivity index is 3.08. The molecule has 0 aliphatic rings. The maximum atomic E-state index is 8.62. The van der Waals surface area contributed by atoms with E-state index in [1.54, 1.807) is 7.11 Å². The highest BCUT2D eigenvalue weighted by molar-refractivity contribution is 5.37. The average Bonchev–Trinajstić information content (AvgIpc) is 2.17. The maximum absolute atomic E-state index is 8.62. The lowest BCUT2D eigenvalue weighted by molar-refractivity contribution is 0.413. The Morgan fingerprint density at radius 3 is 2.57 bits per heavy atom. The molecule has 0 fully saturated rings. The van der Waals surface area contributed by atoms with Crippen LogP contribution in [-0.2, 0) is 6.42 Å². The van der Waals surface area contributed by atoms with Gasteiger partial charge in [0, 0.05) is 0 Å². The van der Waals surface area contributed by atoms with E-state index >= 15 is 0 Å². The minimum Gasteiger partial charge on any atom is -0.497 e. The zero-order valence-electron chi connectivity index (χ0n) is 8.87. The van der Waals surface area contributed by atoms with E-state index in [1.807, 2.05) is 12.1 Å². The highest BCUT2D eigenvalue weighted by Gasteiger charge is 2.04. The van der Waals surface area contributed by atoms with Crippen LogP contribution in [0.3, 0.4) is 0 Å². The van der Waals surface area contributed by atoms with E-state index in [0.717, 1.165) is 11.3 Å². The third-order valence-electron chi connectivity index (χ3n) is 2.17. The third kappa shape index (κ3) is 2.50. The SMILES string of the molecule is COc1cc(CC#N)cc(C(C)C)c1. The Labute approximate surface area is 85.1 Å². The number of nitriles is 1. The first-order valence-electron chi connectivity index (χ1n) is 4.72. The molecule has 2 heteroatoms. The van der Waals surface area contributed by atoms with E-state index < -0.39 is 0 Å². The van der Waals surface area contributed by atoms with Crippen molar-refractivity contribution in [3.05, 3.63) is 29.3 Å². The van der Waals surface area contributed by atoms with Crippen LogP contribution in [0.4, 0.5) is 0 Å². The minimum atomic E-state index is 0.441. The van der Waals surface area contributed by atoms with Crippen LogP contribution in [-0.4, -0.2) is 7.11 Å². The molecule has 1 aromatic rings. The molecule has 0 heterocycles. The second-order valence-electron chi connectivity index (χ2n) is 3.60. The summed E-state index contributed by atoms with van der Waals surface area (Å²) in [6, 6.07) is 8.14. The highest BCUT2D eigenvalue weighted by Crippen LogP contribution is 2.23. The Bertz CT molecular complexity index is 350. The molecular formula is C12H15NO. The van der Waals surface area contributed by atoms with Gasteiger partial charge >= 0.3 is 0 Å². The van der Waals surface area contributed by atoms with Crippen molar-refractivity contribution in [2.45, 2.75) is 26.2 Å². The van der Waals surface area contributed by atoms with Crippen LogP contribution in [0.1, 0.15) is 30.9 Å². The molecule has 14 heavy (non-hydrogen) atoms. The third-order valence-corrected chi connectivity index (χ3v) is 2.17. The fourth-order valence-electron chi connectivity index (χ4n) is 1.33. The van der Waals surface area contributed by atoms with E-state index in [1.165, 1.54) is 5.56 Å². The van der Waals surface area contributed by atoms with Crippen LogP contribution < -0.4 is 4.74 Å². The van der Waals surface area contributed by atoms with E-state index in [4.69, 9.17) is 10.00 Å². The van der Waals surface area contributed by atoms with Gasteiger partial charge in [-0.3, -0.25) is 0 Å². The number of rotatable bonds is 3. The fraction of sp³-hybridized carbons (Fsp3) is 0.417. The molecule has 74 valence electrons. The minimum absolute atomic E-state index is 0.441. The second kappa shape index (κ2) is 4.66. The lowest BCUT2D eigenvalue weighted by Gasteiger charge is -2.09. The van der Waals surface area contributed by atoms with Crippen LogP contribution in [0.2, 0.25) is 0 Å². The van der Waals surface area contributed by atoms with Gasteiger partial charge in [0.15, 0.2) is 0 Å². The quantitative estimate of drug-likeness (QED) is 0.732. The van der Waals surface area contributed by atoms with Gasteiger partial charge in [-0.1, -0.05) is 19.9 Å². The number of nitrogens with zero attached hydrogens (tertiary/aromatic N) is 1. The Morgan fingerprint density at radius 2 is 2.07 bits per heavy atom. The van der Waals surface area contributed by atoms with Crippen molar-refractivity contribution in [2.24, 2.45) is 0 Å². The summed E-state index contributed by atoms with van der Waals surface area (Å²) in [4.78, 5) is 0. The first-order valence-corrected chi connectivity index (χ1v) is 4.72. The van der Waals surface area contributed by atoms with Crippen LogP contribution in [0, 0.1) is 11.3 Å². The second-order valence-corrected chi connectivity index (χ2v) is 3.60. The first kappa shape index (κ1) is 10.6. The summed E-state index contributed by atoms with van der Waals surface area (Å²) in [5.41, 5.74) is 2.24. The normalized spacial score (nSPS) is 9.93. The number of methoxy groups -OCH3 is 1. The van der Waals surface area contributed by atoms with Gasteiger partial charge in [-0.25, -0.2) is 0 Å². The zero-order chi connectivity index (χ0) is 10.6. The summed E-state index contributed by atoms with van der Waals surface area (Å²) in [5, 5.41) is 8.62. The Hall–Kier alpha value is -1.49. The molecule has 0 atom stereocenters. The predicted octanol–water partition coefficient (Wildman–Crippen LogP) is 2.88. The molecule has 0 bridgehead atoms. The molecule has 1 rings (SSSR count). The van der Waals surface area contributed by atoms with Crippen LogP contribution >= 0.6 is 0 Å². The summed E-state index contributed by atoms with van der Waals surface area (Å²) < 4.78 is 5.18. The number of hydrogen-bond donors (Lipinski definition) is 0. The topological polar surface area (TPSA) is 33.0 Å². The van der Waals surface area contributed by atoms with Crippen molar-refractivity contribution in [3.63, 3.8) is 0 Å². The van der Waals surface area contributed by atoms with Gasteiger partial charge in [-0.2, -0.15) is 5.26 Å². The van der Waals surface area contributed by atoms with Crippen LogP contribution in [0.25, 0.3) is 0 Å². The zero-order valence-corrected chi connectivity index (χ0v) is 8.87. The molecule has 0 spiro atoms. The standard InChI is InChI=1S/C12H15NO/c1-9(2)11-6-10(4-5-13)7-12(8-11)14-3/h6-9H,4H2,1-3H3. The van der Waals surface area contributed by atoms with Crippen molar-refractivity contribution in [2.75, 3.05) is 7.11 Å². The number of hydrogen-bond acceptors (Lipinski definition) is 2. The van der Waals surface area contributed by atoms with E-state index in [-0.39, 0.29) is 0 Å². The summed E-state index contributed by atoms with van der Waals surface area (Å²) >= 11 is 0. The van der Waals surface area contributed by atoms with Crippen LogP contribution in [0.15, 0.2) is 18.2 Å². The van der Waals surface area contributed by atoms with Crippen molar-refractivity contribution in [1.29, 1.82) is 5.26 Å². The average molecular weight is 189 g/mol. The summed E-state index contributed by atoms with van der Waals surface area (Å²) in [6.07, 6.45) is 0.441. The summed E-state index contributed by atoms with van der Waals surface area (Å²) in [5.74, 6) is 1.30. The summed E-state index contributed by atoms with van der Waals surface area (Å²) in [7, 11) is 1.65. The Kier molecular flexibility index (Phi) is 3.53. The van der Waals surface area contributed by atoms with E-state index in [9.17, 15) is 0 Å². The molecule has 0 amide bonds. The van der Waals surface area contributed by atoms with Crippen molar-refractivity contribution >= 4 is 0 Å². The first-order chi connectivity index (χ1) is 6.67. The molecule has 0 N–H and O–H groups in total. The van der Waals surface area contributed by atoms with Gasteiger partial charge in [0.2, 0.25) is 0 Å². The lowest BCUT2D eigenvalue weighted by Crippen LogP contribution is -1.93.